The highest BCUT2D eigenvalue weighted by Crippen LogP contribution is 2.24. The van der Waals surface area contributed by atoms with Gasteiger partial charge in [0.2, 0.25) is 0 Å². The van der Waals surface area contributed by atoms with Crippen molar-refractivity contribution in [3.05, 3.63) is 47.7 Å². The van der Waals surface area contributed by atoms with Gasteiger partial charge in [-0.1, -0.05) is 0 Å². The van der Waals surface area contributed by atoms with Crippen LogP contribution in [0.2, 0.25) is 0 Å². The molecule has 0 amide bonds. The van der Waals surface area contributed by atoms with Crippen molar-refractivity contribution in [1.82, 2.24) is 4.98 Å². The van der Waals surface area contributed by atoms with Gasteiger partial charge in [0.05, 0.1) is 11.7 Å². The molecule has 0 radical (unpaired) electrons. The average molecular weight is 216 g/mol. The number of anilines is 1. The van der Waals surface area contributed by atoms with Crippen LogP contribution >= 0.6 is 0 Å². The monoisotopic (exact) mass is 216 g/mol. The molecule has 2 aromatic heterocycles. The molecule has 0 aliphatic carbocycles. The Morgan fingerprint density at radius 3 is 2.75 bits per heavy atom. The number of aryl methyl sites for hydroxylation is 2. The van der Waals surface area contributed by atoms with Gasteiger partial charge in [0.25, 0.3) is 0 Å². The summed E-state index contributed by atoms with van der Waals surface area (Å²) in [4.78, 5) is 4.07. The van der Waals surface area contributed by atoms with Crippen molar-refractivity contribution in [3.8, 4) is 0 Å². The van der Waals surface area contributed by atoms with E-state index in [1.165, 1.54) is 5.56 Å². The maximum Gasteiger partial charge on any atom is 0.106 e. The zero-order chi connectivity index (χ0) is 11.5. The van der Waals surface area contributed by atoms with Crippen molar-refractivity contribution in [2.24, 2.45) is 0 Å². The molecule has 1 atom stereocenters. The van der Waals surface area contributed by atoms with Gasteiger partial charge >= 0.3 is 0 Å². The van der Waals surface area contributed by atoms with Crippen LogP contribution in [0.4, 0.5) is 5.69 Å². The van der Waals surface area contributed by atoms with Gasteiger partial charge in [-0.3, -0.25) is 4.98 Å². The third-order valence-corrected chi connectivity index (χ3v) is 2.59. The molecular weight excluding hydrogens is 200 g/mol. The molecule has 3 nitrogen and oxygen atoms in total. The quantitative estimate of drug-likeness (QED) is 0.853. The molecule has 1 N–H and O–H groups in total. The molecular formula is C13H16N2O. The maximum atomic E-state index is 5.52. The molecule has 0 aliphatic heterocycles. The van der Waals surface area contributed by atoms with Crippen LogP contribution < -0.4 is 5.32 Å². The Bertz CT molecular complexity index is 462. The highest BCUT2D eigenvalue weighted by Gasteiger charge is 2.12. The lowest BCUT2D eigenvalue weighted by atomic mass is 10.1. The van der Waals surface area contributed by atoms with Crippen molar-refractivity contribution in [2.45, 2.75) is 26.8 Å². The Morgan fingerprint density at radius 1 is 1.38 bits per heavy atom. The molecule has 84 valence electrons. The summed E-state index contributed by atoms with van der Waals surface area (Å²) in [6.45, 7) is 6.07. The Kier molecular flexibility index (Phi) is 2.95. The number of hydrogen-bond acceptors (Lipinski definition) is 3. The molecule has 0 saturated heterocycles. The molecule has 2 rings (SSSR count). The van der Waals surface area contributed by atoms with E-state index in [4.69, 9.17) is 4.42 Å². The molecule has 3 heteroatoms. The van der Waals surface area contributed by atoms with Crippen LogP contribution in [0, 0.1) is 13.8 Å². The molecule has 0 aliphatic rings. The summed E-state index contributed by atoms with van der Waals surface area (Å²) in [5.74, 6) is 1.92. The summed E-state index contributed by atoms with van der Waals surface area (Å²) in [6.07, 6.45) is 3.59. The van der Waals surface area contributed by atoms with E-state index in [9.17, 15) is 0 Å². The van der Waals surface area contributed by atoms with Gasteiger partial charge in [-0.05, 0) is 39.0 Å². The average Bonchev–Trinajstić information content (AvgIpc) is 2.59. The van der Waals surface area contributed by atoms with E-state index >= 15 is 0 Å². The predicted molar refractivity (Wildman–Crippen MR) is 64.5 cm³/mol. The van der Waals surface area contributed by atoms with Gasteiger partial charge < -0.3 is 9.73 Å². The fourth-order valence-electron chi connectivity index (χ4n) is 1.86. The standard InChI is InChI=1S/C13H16N2O/c1-9-7-13(11(3)16-9)10(2)15-12-5-4-6-14-8-12/h4-8,10,15H,1-3H3. The van der Waals surface area contributed by atoms with E-state index in [2.05, 4.69) is 23.3 Å². The zero-order valence-corrected chi connectivity index (χ0v) is 9.82. The molecule has 2 heterocycles. The van der Waals surface area contributed by atoms with Crippen LogP contribution in [0.25, 0.3) is 0 Å². The van der Waals surface area contributed by atoms with Gasteiger partial charge in [0.1, 0.15) is 11.5 Å². The van der Waals surface area contributed by atoms with Crippen LogP contribution in [0.1, 0.15) is 30.0 Å². The summed E-state index contributed by atoms with van der Waals surface area (Å²) in [5, 5.41) is 3.39. The molecule has 1 unspecified atom stereocenters. The lowest BCUT2D eigenvalue weighted by molar-refractivity contribution is 0.500. The number of pyridine rings is 1. The Balaban J connectivity index is 2.14. The summed E-state index contributed by atoms with van der Waals surface area (Å²) < 4.78 is 5.52. The van der Waals surface area contributed by atoms with E-state index < -0.39 is 0 Å². The lowest BCUT2D eigenvalue weighted by Crippen LogP contribution is -2.06. The van der Waals surface area contributed by atoms with Crippen LogP contribution in [-0.2, 0) is 0 Å². The number of nitrogens with zero attached hydrogens (tertiary/aromatic N) is 1. The number of hydrogen-bond donors (Lipinski definition) is 1. The second kappa shape index (κ2) is 4.39. The minimum atomic E-state index is 0.224. The third kappa shape index (κ3) is 2.24. The van der Waals surface area contributed by atoms with E-state index in [1.807, 2.05) is 32.2 Å². The molecule has 16 heavy (non-hydrogen) atoms. The second-order valence-corrected chi connectivity index (χ2v) is 3.98. The van der Waals surface area contributed by atoms with Crippen LogP contribution in [0.3, 0.4) is 0 Å². The van der Waals surface area contributed by atoms with Gasteiger partial charge in [-0.25, -0.2) is 0 Å². The van der Waals surface area contributed by atoms with Crippen molar-refractivity contribution < 1.29 is 4.42 Å². The summed E-state index contributed by atoms with van der Waals surface area (Å²) >= 11 is 0. The van der Waals surface area contributed by atoms with Crippen LogP contribution in [0.15, 0.2) is 35.0 Å². The first kappa shape index (κ1) is 10.7. The lowest BCUT2D eigenvalue weighted by Gasteiger charge is -2.13. The van der Waals surface area contributed by atoms with Gasteiger partial charge in [0, 0.05) is 18.0 Å². The Morgan fingerprint density at radius 2 is 2.19 bits per heavy atom. The maximum absolute atomic E-state index is 5.52. The van der Waals surface area contributed by atoms with Gasteiger partial charge in [-0.15, -0.1) is 0 Å². The third-order valence-electron chi connectivity index (χ3n) is 2.59. The van der Waals surface area contributed by atoms with Crippen molar-refractivity contribution in [3.63, 3.8) is 0 Å². The summed E-state index contributed by atoms with van der Waals surface area (Å²) in [7, 11) is 0. The molecule has 0 fully saturated rings. The van der Waals surface area contributed by atoms with E-state index in [-0.39, 0.29) is 6.04 Å². The second-order valence-electron chi connectivity index (χ2n) is 3.98. The minimum absolute atomic E-state index is 0.224. The van der Waals surface area contributed by atoms with Gasteiger partial charge in [0.15, 0.2) is 0 Å². The summed E-state index contributed by atoms with van der Waals surface area (Å²) in [5.41, 5.74) is 2.22. The predicted octanol–water partition coefficient (Wildman–Crippen LogP) is 3.46. The zero-order valence-electron chi connectivity index (χ0n) is 9.82. The molecule has 2 aromatic rings. The fraction of sp³-hybridized carbons (Fsp3) is 0.308. The molecule has 0 bridgehead atoms. The normalized spacial score (nSPS) is 12.4. The van der Waals surface area contributed by atoms with Crippen LogP contribution in [-0.4, -0.2) is 4.98 Å². The highest BCUT2D eigenvalue weighted by atomic mass is 16.3. The van der Waals surface area contributed by atoms with Crippen LogP contribution in [0.5, 0.6) is 0 Å². The summed E-state index contributed by atoms with van der Waals surface area (Å²) in [6, 6.07) is 6.22. The SMILES string of the molecule is Cc1cc(C(C)Nc2cccnc2)c(C)o1. The largest absolute Gasteiger partial charge is 0.466 e. The van der Waals surface area contributed by atoms with Crippen molar-refractivity contribution >= 4 is 5.69 Å². The minimum Gasteiger partial charge on any atom is -0.466 e. The number of rotatable bonds is 3. The van der Waals surface area contributed by atoms with Gasteiger partial charge in [-0.2, -0.15) is 0 Å². The number of furan rings is 1. The van der Waals surface area contributed by atoms with E-state index in [0.29, 0.717) is 0 Å². The smallest absolute Gasteiger partial charge is 0.106 e. The van der Waals surface area contributed by atoms with E-state index in [0.717, 1.165) is 17.2 Å². The Labute approximate surface area is 95.5 Å². The molecule has 0 saturated carbocycles. The molecule has 0 spiro atoms. The first-order chi connectivity index (χ1) is 7.66. The first-order valence-electron chi connectivity index (χ1n) is 5.40. The fourth-order valence-corrected chi connectivity index (χ4v) is 1.86. The first-order valence-corrected chi connectivity index (χ1v) is 5.40. The van der Waals surface area contributed by atoms with Crippen molar-refractivity contribution in [1.29, 1.82) is 0 Å². The number of aromatic nitrogens is 1. The molecule has 0 aromatic carbocycles. The van der Waals surface area contributed by atoms with Crippen molar-refractivity contribution in [2.75, 3.05) is 5.32 Å². The topological polar surface area (TPSA) is 38.1 Å². The number of nitrogens with one attached hydrogen (secondary N) is 1. The highest BCUT2D eigenvalue weighted by molar-refractivity contribution is 5.43. The van der Waals surface area contributed by atoms with E-state index in [1.54, 1.807) is 6.20 Å². The Hall–Kier alpha value is -1.77.